The van der Waals surface area contributed by atoms with Gasteiger partial charge in [0.2, 0.25) is 0 Å². The summed E-state index contributed by atoms with van der Waals surface area (Å²) in [6, 6.07) is 6.73. The fraction of sp³-hybridized carbons (Fsp3) is 0.462. The lowest BCUT2D eigenvalue weighted by atomic mass is 10.1. The summed E-state index contributed by atoms with van der Waals surface area (Å²) in [5.74, 6) is -0.460. The average molecular weight is 283 g/mol. The molecule has 1 aromatic carbocycles. The Bertz CT molecular complexity index is 565. The highest BCUT2D eigenvalue weighted by Gasteiger charge is 2.30. The lowest BCUT2D eigenvalue weighted by Crippen LogP contribution is -2.32. The third-order valence-electron chi connectivity index (χ3n) is 3.46. The number of hydrogen-bond acceptors (Lipinski definition) is 4. The van der Waals surface area contributed by atoms with E-state index in [-0.39, 0.29) is 23.1 Å². The SMILES string of the molecule is CN(Cc1ccc(C(=O)O)cc1)C1CCS(=O)(=O)C1. The van der Waals surface area contributed by atoms with Crippen LogP contribution in [0.5, 0.6) is 0 Å². The van der Waals surface area contributed by atoms with Crippen molar-refractivity contribution in [2.45, 2.75) is 19.0 Å². The van der Waals surface area contributed by atoms with Gasteiger partial charge in [-0.3, -0.25) is 4.90 Å². The van der Waals surface area contributed by atoms with E-state index in [1.54, 1.807) is 24.3 Å². The maximum atomic E-state index is 11.4. The van der Waals surface area contributed by atoms with E-state index in [1.165, 1.54) is 0 Å². The largest absolute Gasteiger partial charge is 0.478 e. The molecule has 5 nitrogen and oxygen atoms in total. The van der Waals surface area contributed by atoms with Crippen LogP contribution in [0.15, 0.2) is 24.3 Å². The average Bonchev–Trinajstić information content (AvgIpc) is 2.70. The van der Waals surface area contributed by atoms with Gasteiger partial charge in [-0.15, -0.1) is 0 Å². The van der Waals surface area contributed by atoms with E-state index in [0.29, 0.717) is 13.0 Å². The number of carboxylic acids is 1. The van der Waals surface area contributed by atoms with Crippen molar-refractivity contribution in [1.82, 2.24) is 4.90 Å². The van der Waals surface area contributed by atoms with Crippen LogP contribution in [0.3, 0.4) is 0 Å². The Morgan fingerprint density at radius 3 is 2.47 bits per heavy atom. The first-order chi connectivity index (χ1) is 8.87. The molecule has 0 aromatic heterocycles. The van der Waals surface area contributed by atoms with Crippen molar-refractivity contribution in [3.05, 3.63) is 35.4 Å². The summed E-state index contributed by atoms with van der Waals surface area (Å²) < 4.78 is 22.9. The van der Waals surface area contributed by atoms with Crippen LogP contribution in [0.1, 0.15) is 22.3 Å². The zero-order valence-corrected chi connectivity index (χ0v) is 11.6. The van der Waals surface area contributed by atoms with Gasteiger partial charge in [0.1, 0.15) is 0 Å². The van der Waals surface area contributed by atoms with E-state index in [1.807, 2.05) is 11.9 Å². The van der Waals surface area contributed by atoms with Gasteiger partial charge in [-0.1, -0.05) is 12.1 Å². The van der Waals surface area contributed by atoms with Crippen LogP contribution >= 0.6 is 0 Å². The number of carboxylic acid groups (broad SMARTS) is 1. The minimum Gasteiger partial charge on any atom is -0.478 e. The molecule has 104 valence electrons. The van der Waals surface area contributed by atoms with Gasteiger partial charge < -0.3 is 5.11 Å². The van der Waals surface area contributed by atoms with Crippen LogP contribution in [-0.4, -0.2) is 49.0 Å². The van der Waals surface area contributed by atoms with Crippen LogP contribution in [0.4, 0.5) is 0 Å². The molecule has 1 atom stereocenters. The molecule has 1 aromatic rings. The third kappa shape index (κ3) is 3.54. The number of aromatic carboxylic acids is 1. The Morgan fingerprint density at radius 1 is 1.37 bits per heavy atom. The number of sulfone groups is 1. The number of hydrogen-bond donors (Lipinski definition) is 1. The molecule has 1 N–H and O–H groups in total. The van der Waals surface area contributed by atoms with Gasteiger partial charge in [-0.05, 0) is 31.2 Å². The second-order valence-electron chi connectivity index (χ2n) is 4.97. The molecule has 1 fully saturated rings. The highest BCUT2D eigenvalue weighted by atomic mass is 32.2. The van der Waals surface area contributed by atoms with Gasteiger partial charge in [0.15, 0.2) is 9.84 Å². The van der Waals surface area contributed by atoms with Crippen molar-refractivity contribution in [3.63, 3.8) is 0 Å². The molecule has 1 saturated heterocycles. The number of carbonyl (C=O) groups is 1. The highest BCUT2D eigenvalue weighted by molar-refractivity contribution is 7.91. The molecule has 19 heavy (non-hydrogen) atoms. The normalized spacial score (nSPS) is 21.7. The second kappa shape index (κ2) is 5.30. The molecular formula is C13H17NO4S. The summed E-state index contributed by atoms with van der Waals surface area (Å²) in [5, 5.41) is 8.81. The summed E-state index contributed by atoms with van der Waals surface area (Å²) in [6.07, 6.45) is 0.673. The Labute approximate surface area is 112 Å². The van der Waals surface area contributed by atoms with Gasteiger partial charge in [0.25, 0.3) is 0 Å². The fourth-order valence-electron chi connectivity index (χ4n) is 2.29. The molecule has 0 spiro atoms. The summed E-state index contributed by atoms with van der Waals surface area (Å²) in [4.78, 5) is 12.8. The Morgan fingerprint density at radius 2 is 2.00 bits per heavy atom. The van der Waals surface area contributed by atoms with Crippen LogP contribution in [0, 0.1) is 0 Å². The molecule has 0 bridgehead atoms. The molecule has 2 rings (SSSR count). The molecule has 6 heteroatoms. The fourth-order valence-corrected chi connectivity index (χ4v) is 4.10. The summed E-state index contributed by atoms with van der Waals surface area (Å²) >= 11 is 0. The molecule has 1 aliphatic heterocycles. The first-order valence-electron chi connectivity index (χ1n) is 6.10. The van der Waals surface area contributed by atoms with Crippen molar-refractivity contribution in [3.8, 4) is 0 Å². The maximum Gasteiger partial charge on any atom is 0.335 e. The minimum absolute atomic E-state index is 0.0594. The Balaban J connectivity index is 1.99. The standard InChI is InChI=1S/C13H17NO4S/c1-14(12-6-7-19(17,18)9-12)8-10-2-4-11(5-3-10)13(15)16/h2-5,12H,6-9H2,1H3,(H,15,16). The topological polar surface area (TPSA) is 74.7 Å². The van der Waals surface area contributed by atoms with Crippen LogP contribution in [0.25, 0.3) is 0 Å². The third-order valence-corrected chi connectivity index (χ3v) is 5.21. The summed E-state index contributed by atoms with van der Waals surface area (Å²) in [6.45, 7) is 0.625. The molecule has 1 aliphatic rings. The van der Waals surface area contributed by atoms with Crippen molar-refractivity contribution in [1.29, 1.82) is 0 Å². The van der Waals surface area contributed by atoms with Crippen molar-refractivity contribution >= 4 is 15.8 Å². The zero-order valence-electron chi connectivity index (χ0n) is 10.7. The summed E-state index contributed by atoms with van der Waals surface area (Å²) in [7, 11) is -0.971. The minimum atomic E-state index is -2.87. The van der Waals surface area contributed by atoms with Crippen molar-refractivity contribution in [2.75, 3.05) is 18.6 Å². The first kappa shape index (κ1) is 14.0. The van der Waals surface area contributed by atoms with E-state index < -0.39 is 15.8 Å². The van der Waals surface area contributed by atoms with Gasteiger partial charge >= 0.3 is 5.97 Å². The summed E-state index contributed by atoms with van der Waals surface area (Å²) in [5.41, 5.74) is 1.24. The van der Waals surface area contributed by atoms with E-state index in [4.69, 9.17) is 5.11 Å². The lowest BCUT2D eigenvalue weighted by Gasteiger charge is -2.23. The predicted octanol–water partition coefficient (Wildman–Crippen LogP) is 1.00. The monoisotopic (exact) mass is 283 g/mol. The maximum absolute atomic E-state index is 11.4. The highest BCUT2D eigenvalue weighted by Crippen LogP contribution is 2.18. The van der Waals surface area contributed by atoms with Crippen molar-refractivity contribution in [2.24, 2.45) is 0 Å². The number of nitrogens with zero attached hydrogens (tertiary/aromatic N) is 1. The molecule has 0 amide bonds. The smallest absolute Gasteiger partial charge is 0.335 e. The number of rotatable bonds is 4. The lowest BCUT2D eigenvalue weighted by molar-refractivity contribution is 0.0697. The molecule has 1 unspecified atom stereocenters. The zero-order chi connectivity index (χ0) is 14.0. The Hall–Kier alpha value is -1.40. The van der Waals surface area contributed by atoms with E-state index >= 15 is 0 Å². The van der Waals surface area contributed by atoms with E-state index in [9.17, 15) is 13.2 Å². The van der Waals surface area contributed by atoms with E-state index in [2.05, 4.69) is 0 Å². The van der Waals surface area contributed by atoms with Gasteiger partial charge in [0, 0.05) is 12.6 Å². The quantitative estimate of drug-likeness (QED) is 0.892. The molecule has 0 radical (unpaired) electrons. The molecule has 0 aliphatic carbocycles. The van der Waals surface area contributed by atoms with Gasteiger partial charge in [0.05, 0.1) is 17.1 Å². The van der Waals surface area contributed by atoms with Crippen LogP contribution in [0.2, 0.25) is 0 Å². The van der Waals surface area contributed by atoms with Gasteiger partial charge in [-0.25, -0.2) is 13.2 Å². The van der Waals surface area contributed by atoms with E-state index in [0.717, 1.165) is 5.56 Å². The van der Waals surface area contributed by atoms with Crippen LogP contribution in [-0.2, 0) is 16.4 Å². The Kier molecular flexibility index (Phi) is 3.91. The molecule has 0 saturated carbocycles. The predicted molar refractivity (Wildman–Crippen MR) is 71.9 cm³/mol. The molecule has 1 heterocycles. The molecular weight excluding hydrogens is 266 g/mol. The second-order valence-corrected chi connectivity index (χ2v) is 7.20. The van der Waals surface area contributed by atoms with Crippen LogP contribution < -0.4 is 0 Å². The van der Waals surface area contributed by atoms with Crippen molar-refractivity contribution < 1.29 is 18.3 Å². The first-order valence-corrected chi connectivity index (χ1v) is 7.92. The van der Waals surface area contributed by atoms with Gasteiger partial charge in [-0.2, -0.15) is 0 Å². The number of benzene rings is 1.